The lowest BCUT2D eigenvalue weighted by molar-refractivity contribution is -0.384. The van der Waals surface area contributed by atoms with Gasteiger partial charge < -0.3 is 4.74 Å². The monoisotopic (exact) mass is 329 g/mol. The molecular weight excluding hydrogens is 318 g/mol. The van der Waals surface area contributed by atoms with Gasteiger partial charge in [0.2, 0.25) is 0 Å². The first-order chi connectivity index (χ1) is 9.63. The smallest absolute Gasteiger partial charge is 0.270 e. The van der Waals surface area contributed by atoms with Crippen LogP contribution in [0, 0.1) is 10.1 Å². The van der Waals surface area contributed by atoms with Gasteiger partial charge in [-0.15, -0.1) is 10.2 Å². The number of non-ortho nitro benzene ring substituents is 1. The average molecular weight is 329 g/mol. The normalized spacial score (nSPS) is 10.5. The van der Waals surface area contributed by atoms with Gasteiger partial charge in [-0.2, -0.15) is 0 Å². The van der Waals surface area contributed by atoms with Gasteiger partial charge in [0.25, 0.3) is 5.69 Å². The van der Waals surface area contributed by atoms with Crippen LogP contribution in [0.15, 0.2) is 26.9 Å². The van der Waals surface area contributed by atoms with Gasteiger partial charge >= 0.3 is 0 Å². The van der Waals surface area contributed by atoms with Crippen LogP contribution in [0.4, 0.5) is 5.69 Å². The minimum absolute atomic E-state index is 0.0588. The van der Waals surface area contributed by atoms with E-state index in [1.807, 2.05) is 6.26 Å². The third-order valence-corrected chi connectivity index (χ3v) is 5.47. The molecule has 0 saturated heterocycles. The van der Waals surface area contributed by atoms with Crippen molar-refractivity contribution in [3.8, 4) is 5.75 Å². The summed E-state index contributed by atoms with van der Waals surface area (Å²) in [4.78, 5) is 10.4. The van der Waals surface area contributed by atoms with Crippen LogP contribution in [0.5, 0.6) is 5.75 Å². The van der Waals surface area contributed by atoms with E-state index in [2.05, 4.69) is 10.2 Å². The number of nitro benzene ring substituents is 1. The minimum atomic E-state index is -0.412. The number of methoxy groups -OCH3 is 1. The van der Waals surface area contributed by atoms with Crippen LogP contribution in [0.1, 0.15) is 5.56 Å². The molecule has 0 aliphatic rings. The fourth-order valence-electron chi connectivity index (χ4n) is 1.47. The molecule has 106 valence electrons. The average Bonchev–Trinajstić information content (AvgIpc) is 2.92. The molecule has 9 heteroatoms. The summed E-state index contributed by atoms with van der Waals surface area (Å²) in [5.41, 5.74) is 0.830. The molecule has 2 aromatic rings. The maximum atomic E-state index is 10.8. The Kier molecular flexibility index (Phi) is 5.21. The third kappa shape index (κ3) is 3.62. The van der Waals surface area contributed by atoms with Crippen molar-refractivity contribution >= 4 is 40.5 Å². The number of rotatable bonds is 6. The van der Waals surface area contributed by atoms with Gasteiger partial charge in [0, 0.05) is 23.4 Å². The lowest BCUT2D eigenvalue weighted by Crippen LogP contribution is -1.94. The van der Waals surface area contributed by atoms with Crippen molar-refractivity contribution in [1.29, 1.82) is 0 Å². The Balaban J connectivity index is 2.14. The zero-order chi connectivity index (χ0) is 14.5. The van der Waals surface area contributed by atoms with Crippen molar-refractivity contribution in [2.75, 3.05) is 13.4 Å². The zero-order valence-electron chi connectivity index (χ0n) is 10.7. The van der Waals surface area contributed by atoms with Crippen molar-refractivity contribution in [3.05, 3.63) is 33.9 Å². The molecule has 0 atom stereocenters. The summed E-state index contributed by atoms with van der Waals surface area (Å²) in [7, 11) is 1.55. The van der Waals surface area contributed by atoms with Gasteiger partial charge in [-0.25, -0.2) is 0 Å². The number of hydrogen-bond acceptors (Lipinski definition) is 8. The maximum Gasteiger partial charge on any atom is 0.270 e. The highest BCUT2D eigenvalue weighted by Gasteiger charge is 2.13. The first-order valence-corrected chi connectivity index (χ1v) is 8.48. The molecule has 0 fully saturated rings. The standard InChI is InChI=1S/C11H11N3O3S3/c1-17-9-4-3-8(14(15)16)5-7(9)6-19-11-13-12-10(18-2)20-11/h3-5H,6H2,1-2H3. The number of nitro groups is 1. The fraction of sp³-hybridized carbons (Fsp3) is 0.273. The van der Waals surface area contributed by atoms with E-state index >= 15 is 0 Å². The van der Waals surface area contributed by atoms with E-state index < -0.39 is 4.92 Å². The summed E-state index contributed by atoms with van der Waals surface area (Å²) in [6.45, 7) is 0. The molecule has 0 spiro atoms. The molecule has 0 N–H and O–H groups in total. The fourth-order valence-corrected chi connectivity index (χ4v) is 3.88. The van der Waals surface area contributed by atoms with Crippen LogP contribution >= 0.6 is 34.9 Å². The summed E-state index contributed by atoms with van der Waals surface area (Å²) >= 11 is 4.54. The van der Waals surface area contributed by atoms with E-state index in [0.29, 0.717) is 11.5 Å². The van der Waals surface area contributed by atoms with Crippen LogP contribution in [0.2, 0.25) is 0 Å². The maximum absolute atomic E-state index is 10.8. The number of nitrogens with zero attached hydrogens (tertiary/aromatic N) is 3. The Morgan fingerprint density at radius 2 is 2.15 bits per heavy atom. The summed E-state index contributed by atoms with van der Waals surface area (Å²) in [5.74, 6) is 1.19. The summed E-state index contributed by atoms with van der Waals surface area (Å²) in [6, 6.07) is 4.58. The lowest BCUT2D eigenvalue weighted by Gasteiger charge is -2.06. The van der Waals surface area contributed by atoms with Crippen LogP contribution in [0.25, 0.3) is 0 Å². The molecule has 0 amide bonds. The van der Waals surface area contributed by atoms with E-state index in [9.17, 15) is 10.1 Å². The van der Waals surface area contributed by atoms with Crippen molar-refractivity contribution < 1.29 is 9.66 Å². The molecular formula is C11H11N3O3S3. The Labute approximate surface area is 128 Å². The van der Waals surface area contributed by atoms with Gasteiger partial charge in [0.05, 0.1) is 12.0 Å². The molecule has 2 rings (SSSR count). The van der Waals surface area contributed by atoms with Crippen molar-refractivity contribution in [1.82, 2.24) is 10.2 Å². The van der Waals surface area contributed by atoms with E-state index in [1.54, 1.807) is 24.9 Å². The Morgan fingerprint density at radius 3 is 2.75 bits per heavy atom. The molecule has 1 aromatic heterocycles. The molecule has 20 heavy (non-hydrogen) atoms. The lowest BCUT2D eigenvalue weighted by atomic mass is 10.2. The van der Waals surface area contributed by atoms with Crippen LogP contribution in [-0.2, 0) is 5.75 Å². The predicted octanol–water partition coefficient (Wildman–Crippen LogP) is 3.47. The number of aromatic nitrogens is 2. The molecule has 0 unspecified atom stereocenters. The third-order valence-electron chi connectivity index (χ3n) is 2.39. The largest absolute Gasteiger partial charge is 0.496 e. The van der Waals surface area contributed by atoms with Crippen molar-refractivity contribution in [3.63, 3.8) is 0 Å². The van der Waals surface area contributed by atoms with Crippen LogP contribution in [-0.4, -0.2) is 28.5 Å². The molecule has 0 saturated carbocycles. The second-order valence-corrected chi connectivity index (χ2v) is 6.83. The van der Waals surface area contributed by atoms with E-state index in [0.717, 1.165) is 14.2 Å². The predicted molar refractivity (Wildman–Crippen MR) is 80.9 cm³/mol. The number of thioether (sulfide) groups is 2. The van der Waals surface area contributed by atoms with Crippen LogP contribution < -0.4 is 4.74 Å². The number of benzene rings is 1. The molecule has 1 heterocycles. The van der Waals surface area contributed by atoms with Gasteiger partial charge in [-0.05, 0) is 12.3 Å². The molecule has 1 aromatic carbocycles. The van der Waals surface area contributed by atoms with Gasteiger partial charge in [0.15, 0.2) is 8.68 Å². The van der Waals surface area contributed by atoms with E-state index in [-0.39, 0.29) is 5.69 Å². The Bertz CT molecular complexity index is 618. The van der Waals surface area contributed by atoms with Crippen molar-refractivity contribution in [2.45, 2.75) is 14.4 Å². The highest BCUT2D eigenvalue weighted by atomic mass is 32.2. The summed E-state index contributed by atoms with van der Waals surface area (Å²) < 4.78 is 6.96. The molecule has 6 nitrogen and oxygen atoms in total. The SMILES string of the molecule is COc1ccc([N+](=O)[O-])cc1CSc1nnc(SC)s1. The quantitative estimate of drug-likeness (QED) is 0.456. The second-order valence-electron chi connectivity index (χ2n) is 3.58. The van der Waals surface area contributed by atoms with Crippen molar-refractivity contribution in [2.24, 2.45) is 0 Å². The molecule has 0 aliphatic carbocycles. The first kappa shape index (κ1) is 15.1. The molecule has 0 aliphatic heterocycles. The number of ether oxygens (including phenoxy) is 1. The summed E-state index contributed by atoms with van der Waals surface area (Å²) in [6.07, 6.45) is 1.94. The highest BCUT2D eigenvalue weighted by molar-refractivity contribution is 8.02. The molecule has 0 bridgehead atoms. The number of hydrogen-bond donors (Lipinski definition) is 0. The Morgan fingerprint density at radius 1 is 1.40 bits per heavy atom. The second kappa shape index (κ2) is 6.91. The zero-order valence-corrected chi connectivity index (χ0v) is 13.2. The summed E-state index contributed by atoms with van der Waals surface area (Å²) in [5, 5.41) is 18.9. The van der Waals surface area contributed by atoms with E-state index in [1.165, 1.54) is 35.2 Å². The van der Waals surface area contributed by atoms with Crippen LogP contribution in [0.3, 0.4) is 0 Å². The van der Waals surface area contributed by atoms with Gasteiger partial charge in [-0.3, -0.25) is 10.1 Å². The highest BCUT2D eigenvalue weighted by Crippen LogP contribution is 2.33. The minimum Gasteiger partial charge on any atom is -0.496 e. The van der Waals surface area contributed by atoms with E-state index in [4.69, 9.17) is 4.74 Å². The van der Waals surface area contributed by atoms with Gasteiger partial charge in [0.1, 0.15) is 5.75 Å². The van der Waals surface area contributed by atoms with Gasteiger partial charge in [-0.1, -0.05) is 34.9 Å². The first-order valence-electron chi connectivity index (χ1n) is 5.45. The molecule has 0 radical (unpaired) electrons. The topological polar surface area (TPSA) is 78.2 Å². The Hall–Kier alpha value is -1.32.